The van der Waals surface area contributed by atoms with Gasteiger partial charge in [0.05, 0.1) is 21.3 Å². The Morgan fingerprint density at radius 1 is 1.47 bits per heavy atom. The van der Waals surface area contributed by atoms with Gasteiger partial charge in [0.25, 0.3) is 5.91 Å². The van der Waals surface area contributed by atoms with Gasteiger partial charge in [-0.25, -0.2) is 0 Å². The van der Waals surface area contributed by atoms with Gasteiger partial charge in [0.1, 0.15) is 0 Å². The van der Waals surface area contributed by atoms with Crippen LogP contribution >= 0.6 is 23.2 Å². The van der Waals surface area contributed by atoms with Crippen LogP contribution in [-0.4, -0.2) is 33.2 Å². The summed E-state index contributed by atoms with van der Waals surface area (Å²) in [5.74, 6) is -0.325. The zero-order valence-electron chi connectivity index (χ0n) is 11.0. The third-order valence-electron chi connectivity index (χ3n) is 2.78. The van der Waals surface area contributed by atoms with Gasteiger partial charge in [0.15, 0.2) is 0 Å². The lowest BCUT2D eigenvalue weighted by Crippen LogP contribution is -2.28. The highest BCUT2D eigenvalue weighted by Gasteiger charge is 2.15. The standard InChI is InChI=1S/C12H16Cl2N2O2S/c1-7(19(3)18)4-5-15-12(17)9-6-16-8(2)10(13)11(9)14/h6-7H,4-5H2,1-3H3,(H,15,17)/t7-,19+/m0/s1. The normalized spacial score (nSPS) is 13.9. The van der Waals surface area contributed by atoms with Gasteiger partial charge in [-0.2, -0.15) is 0 Å². The lowest BCUT2D eigenvalue weighted by Gasteiger charge is -2.10. The summed E-state index contributed by atoms with van der Waals surface area (Å²) in [6, 6.07) is 0. The Balaban J connectivity index is 2.65. The van der Waals surface area contributed by atoms with E-state index in [2.05, 4.69) is 10.3 Å². The fraction of sp³-hybridized carbons (Fsp3) is 0.500. The number of nitrogens with zero attached hydrogens (tertiary/aromatic N) is 1. The van der Waals surface area contributed by atoms with E-state index < -0.39 is 10.8 Å². The van der Waals surface area contributed by atoms with Crippen molar-refractivity contribution in [2.24, 2.45) is 0 Å². The number of rotatable bonds is 5. The van der Waals surface area contributed by atoms with Gasteiger partial charge >= 0.3 is 0 Å². The van der Waals surface area contributed by atoms with Gasteiger partial charge in [-0.1, -0.05) is 30.1 Å². The number of pyridine rings is 1. The Morgan fingerprint density at radius 3 is 2.68 bits per heavy atom. The van der Waals surface area contributed by atoms with Crippen molar-refractivity contribution in [2.45, 2.75) is 25.5 Å². The Bertz CT molecular complexity index is 509. The van der Waals surface area contributed by atoms with Crippen LogP contribution in [0.5, 0.6) is 0 Å². The second-order valence-electron chi connectivity index (χ2n) is 4.24. The number of hydrogen-bond donors (Lipinski definition) is 1. The van der Waals surface area contributed by atoms with Crippen molar-refractivity contribution in [2.75, 3.05) is 12.8 Å². The van der Waals surface area contributed by atoms with Crippen molar-refractivity contribution in [1.82, 2.24) is 10.3 Å². The first-order valence-corrected chi connectivity index (χ1v) is 8.13. The van der Waals surface area contributed by atoms with Crippen molar-refractivity contribution in [3.8, 4) is 0 Å². The van der Waals surface area contributed by atoms with Gasteiger partial charge in [-0.3, -0.25) is 14.0 Å². The number of hydrogen-bond acceptors (Lipinski definition) is 3. The highest BCUT2D eigenvalue weighted by atomic mass is 35.5. The van der Waals surface area contributed by atoms with Gasteiger partial charge in [0, 0.05) is 35.0 Å². The topological polar surface area (TPSA) is 59.1 Å². The molecule has 19 heavy (non-hydrogen) atoms. The number of carbonyl (C=O) groups excluding carboxylic acids is 1. The average molecular weight is 323 g/mol. The van der Waals surface area contributed by atoms with E-state index in [1.54, 1.807) is 13.2 Å². The first kappa shape index (κ1) is 16.4. The zero-order valence-corrected chi connectivity index (χ0v) is 13.3. The van der Waals surface area contributed by atoms with Gasteiger partial charge in [-0.05, 0) is 13.3 Å². The van der Waals surface area contributed by atoms with Crippen molar-refractivity contribution >= 4 is 39.9 Å². The largest absolute Gasteiger partial charge is 0.352 e. The molecule has 1 amide bonds. The number of halogens is 2. The molecule has 1 N–H and O–H groups in total. The van der Waals surface area contributed by atoms with Crippen LogP contribution in [0.25, 0.3) is 0 Å². The third kappa shape index (κ3) is 4.44. The highest BCUT2D eigenvalue weighted by molar-refractivity contribution is 7.84. The fourth-order valence-corrected chi connectivity index (χ4v) is 2.23. The van der Waals surface area contributed by atoms with Crippen LogP contribution in [0.3, 0.4) is 0 Å². The summed E-state index contributed by atoms with van der Waals surface area (Å²) >= 11 is 11.9. The molecule has 1 aromatic rings. The lowest BCUT2D eigenvalue weighted by molar-refractivity contribution is 0.0953. The minimum atomic E-state index is -0.891. The molecule has 0 spiro atoms. The second-order valence-corrected chi connectivity index (χ2v) is 6.80. The molecular formula is C12H16Cl2N2O2S. The van der Waals surface area contributed by atoms with Crippen molar-refractivity contribution < 1.29 is 9.00 Å². The molecule has 106 valence electrons. The maximum Gasteiger partial charge on any atom is 0.254 e. The summed E-state index contributed by atoms with van der Waals surface area (Å²) in [6.45, 7) is 4.02. The quantitative estimate of drug-likeness (QED) is 0.906. The summed E-state index contributed by atoms with van der Waals surface area (Å²) in [5.41, 5.74) is 0.834. The molecule has 0 bridgehead atoms. The van der Waals surface area contributed by atoms with E-state index in [9.17, 15) is 9.00 Å². The molecule has 0 fully saturated rings. The van der Waals surface area contributed by atoms with E-state index in [0.29, 0.717) is 18.7 Å². The number of carbonyl (C=O) groups is 1. The lowest BCUT2D eigenvalue weighted by atomic mass is 10.2. The molecule has 0 aliphatic rings. The second kappa shape index (κ2) is 7.22. The Kier molecular flexibility index (Phi) is 6.23. The van der Waals surface area contributed by atoms with Gasteiger partial charge < -0.3 is 5.32 Å². The highest BCUT2D eigenvalue weighted by Crippen LogP contribution is 2.27. The third-order valence-corrected chi connectivity index (χ3v) is 5.10. The van der Waals surface area contributed by atoms with Crippen LogP contribution in [0.15, 0.2) is 6.20 Å². The van der Waals surface area contributed by atoms with Crippen LogP contribution < -0.4 is 5.32 Å². The van der Waals surface area contributed by atoms with Crippen LogP contribution in [0.2, 0.25) is 10.0 Å². The molecule has 0 saturated heterocycles. The summed E-state index contributed by atoms with van der Waals surface area (Å²) < 4.78 is 11.2. The van der Waals surface area contributed by atoms with E-state index in [0.717, 1.165) is 0 Å². The molecule has 1 aromatic heterocycles. The van der Waals surface area contributed by atoms with Crippen molar-refractivity contribution in [1.29, 1.82) is 0 Å². The predicted molar refractivity (Wildman–Crippen MR) is 79.5 cm³/mol. The molecule has 0 aromatic carbocycles. The molecule has 0 aliphatic heterocycles. The molecular weight excluding hydrogens is 307 g/mol. The summed E-state index contributed by atoms with van der Waals surface area (Å²) in [7, 11) is -0.891. The van der Waals surface area contributed by atoms with E-state index in [1.807, 2.05) is 6.92 Å². The molecule has 7 heteroatoms. The molecule has 0 aliphatic carbocycles. The molecule has 0 saturated carbocycles. The Labute approximate surface area is 125 Å². The van der Waals surface area contributed by atoms with Crippen LogP contribution in [-0.2, 0) is 10.8 Å². The number of aromatic nitrogens is 1. The average Bonchev–Trinajstić information content (AvgIpc) is 2.35. The van der Waals surface area contributed by atoms with Gasteiger partial charge in [0.2, 0.25) is 0 Å². The molecule has 0 unspecified atom stereocenters. The number of amides is 1. The van der Waals surface area contributed by atoms with E-state index in [4.69, 9.17) is 23.2 Å². The smallest absolute Gasteiger partial charge is 0.254 e. The maximum atomic E-state index is 11.9. The summed E-state index contributed by atoms with van der Waals surface area (Å²) in [5, 5.41) is 3.25. The van der Waals surface area contributed by atoms with E-state index in [1.165, 1.54) is 6.20 Å². The van der Waals surface area contributed by atoms with E-state index in [-0.39, 0.29) is 26.8 Å². The minimum absolute atomic E-state index is 0.0375. The first-order valence-electron chi connectivity index (χ1n) is 5.75. The molecule has 1 heterocycles. The molecule has 1 rings (SSSR count). The summed E-state index contributed by atoms with van der Waals surface area (Å²) in [6.07, 6.45) is 3.69. The molecule has 4 nitrogen and oxygen atoms in total. The molecule has 2 atom stereocenters. The minimum Gasteiger partial charge on any atom is -0.352 e. The Hall–Kier alpha value is -0.650. The van der Waals surface area contributed by atoms with Crippen molar-refractivity contribution in [3.05, 3.63) is 27.5 Å². The monoisotopic (exact) mass is 322 g/mol. The maximum absolute atomic E-state index is 11.9. The summed E-state index contributed by atoms with van der Waals surface area (Å²) in [4.78, 5) is 15.9. The predicted octanol–water partition coefficient (Wildman–Crippen LogP) is 2.58. The van der Waals surface area contributed by atoms with E-state index >= 15 is 0 Å². The van der Waals surface area contributed by atoms with Gasteiger partial charge in [-0.15, -0.1) is 0 Å². The number of aryl methyl sites for hydroxylation is 1. The molecule has 0 radical (unpaired) electrons. The first-order chi connectivity index (χ1) is 8.84. The Morgan fingerprint density at radius 2 is 2.11 bits per heavy atom. The fourth-order valence-electron chi connectivity index (χ4n) is 1.36. The zero-order chi connectivity index (χ0) is 14.6. The van der Waals surface area contributed by atoms with Crippen molar-refractivity contribution in [3.63, 3.8) is 0 Å². The number of nitrogens with one attached hydrogen (secondary N) is 1. The SMILES string of the molecule is Cc1ncc(C(=O)NCC[C@H](C)[S@@](C)=O)c(Cl)c1Cl. The van der Waals surface area contributed by atoms with Crippen LogP contribution in [0.4, 0.5) is 0 Å². The van der Waals surface area contributed by atoms with Crippen LogP contribution in [0.1, 0.15) is 29.4 Å². The van der Waals surface area contributed by atoms with Crippen LogP contribution in [0, 0.1) is 6.92 Å².